The fourth-order valence-corrected chi connectivity index (χ4v) is 4.25. The minimum absolute atomic E-state index is 0.115. The minimum Gasteiger partial charge on any atom is -0.469 e. The van der Waals surface area contributed by atoms with Gasteiger partial charge in [0.25, 0.3) is 0 Å². The van der Waals surface area contributed by atoms with Crippen LogP contribution in [0, 0.1) is 5.92 Å². The number of benzene rings is 1. The lowest BCUT2D eigenvalue weighted by Gasteiger charge is -2.36. The Hall–Kier alpha value is -1.39. The van der Waals surface area contributed by atoms with Gasteiger partial charge in [0.2, 0.25) is 0 Å². The third kappa shape index (κ3) is 4.58. The molecule has 1 aliphatic heterocycles. The van der Waals surface area contributed by atoms with Crippen LogP contribution in [-0.2, 0) is 28.9 Å². The van der Waals surface area contributed by atoms with E-state index in [1.807, 2.05) is 0 Å². The van der Waals surface area contributed by atoms with E-state index < -0.39 is 0 Å². The highest BCUT2D eigenvalue weighted by Gasteiger charge is 2.25. The molecule has 2 unspecified atom stereocenters. The van der Waals surface area contributed by atoms with Gasteiger partial charge >= 0.3 is 5.97 Å². The maximum absolute atomic E-state index is 11.4. The molecule has 0 aromatic heterocycles. The lowest BCUT2D eigenvalue weighted by molar-refractivity contribution is -0.141. The molecule has 1 heterocycles. The van der Waals surface area contributed by atoms with Crippen LogP contribution in [-0.4, -0.2) is 37.1 Å². The van der Waals surface area contributed by atoms with E-state index >= 15 is 0 Å². The number of carbonyl (C=O) groups is 1. The fraction of sp³-hybridized carbons (Fsp3) is 0.650. The summed E-state index contributed by atoms with van der Waals surface area (Å²) in [4.78, 5) is 13.8. The number of hydrogen-bond acceptors (Lipinski definition) is 4. The lowest BCUT2D eigenvalue weighted by atomic mass is 9.89. The van der Waals surface area contributed by atoms with Crippen molar-refractivity contribution < 1.29 is 9.53 Å². The Morgan fingerprint density at radius 2 is 2.04 bits per heavy atom. The summed E-state index contributed by atoms with van der Waals surface area (Å²) in [5.41, 5.74) is 10.7. The molecule has 24 heavy (non-hydrogen) atoms. The zero-order chi connectivity index (χ0) is 16.9. The molecule has 3 rings (SSSR count). The van der Waals surface area contributed by atoms with E-state index in [1.165, 1.54) is 43.9 Å². The second kappa shape index (κ2) is 8.13. The van der Waals surface area contributed by atoms with Crippen LogP contribution in [0.1, 0.15) is 48.8 Å². The molecule has 1 aromatic rings. The summed E-state index contributed by atoms with van der Waals surface area (Å²) in [5.74, 6) is 0.376. The quantitative estimate of drug-likeness (QED) is 0.843. The molecule has 2 atom stereocenters. The molecule has 0 bridgehead atoms. The Labute approximate surface area is 145 Å². The number of rotatable bonds is 5. The van der Waals surface area contributed by atoms with E-state index in [2.05, 4.69) is 23.1 Å². The third-order valence-corrected chi connectivity index (χ3v) is 5.45. The van der Waals surface area contributed by atoms with Crippen LogP contribution in [0.3, 0.4) is 0 Å². The molecule has 2 aliphatic rings. The number of nitrogens with zero attached hydrogens (tertiary/aromatic N) is 1. The van der Waals surface area contributed by atoms with E-state index in [4.69, 9.17) is 10.5 Å². The Bertz CT molecular complexity index is 573. The summed E-state index contributed by atoms with van der Waals surface area (Å²) in [5, 5.41) is 0. The monoisotopic (exact) mass is 330 g/mol. The van der Waals surface area contributed by atoms with Crippen molar-refractivity contribution in [3.63, 3.8) is 0 Å². The molecular formula is C20H30N2O2. The third-order valence-electron chi connectivity index (χ3n) is 5.45. The Morgan fingerprint density at radius 1 is 1.25 bits per heavy atom. The normalized spacial score (nSPS) is 24.4. The van der Waals surface area contributed by atoms with E-state index in [9.17, 15) is 4.79 Å². The standard InChI is InChI=1S/C20H30N2O2/c1-24-20(23)9-7-16-11-19(21)14-22(13-16)12-15-6-8-17-4-2-3-5-18(17)10-15/h6,8,10,16,19H,2-5,7,9,11-14,21H2,1H3. The van der Waals surface area contributed by atoms with Crippen molar-refractivity contribution >= 4 is 5.97 Å². The first-order chi connectivity index (χ1) is 11.6. The second-order valence-corrected chi connectivity index (χ2v) is 7.48. The maximum Gasteiger partial charge on any atom is 0.305 e. The number of methoxy groups -OCH3 is 1. The van der Waals surface area contributed by atoms with Gasteiger partial charge in [-0.2, -0.15) is 0 Å². The molecule has 132 valence electrons. The van der Waals surface area contributed by atoms with Gasteiger partial charge in [-0.05, 0) is 61.1 Å². The SMILES string of the molecule is COC(=O)CCC1CC(N)CN(Cc2ccc3c(c2)CCCC3)C1. The first-order valence-electron chi connectivity index (χ1n) is 9.29. The smallest absolute Gasteiger partial charge is 0.305 e. The molecule has 1 aromatic carbocycles. The molecule has 1 aliphatic carbocycles. The van der Waals surface area contributed by atoms with Crippen LogP contribution in [0.25, 0.3) is 0 Å². The second-order valence-electron chi connectivity index (χ2n) is 7.48. The topological polar surface area (TPSA) is 55.6 Å². The number of aryl methyl sites for hydroxylation is 2. The van der Waals surface area contributed by atoms with Crippen LogP contribution < -0.4 is 5.73 Å². The number of fused-ring (bicyclic) bond motifs is 1. The maximum atomic E-state index is 11.4. The van der Waals surface area contributed by atoms with Crippen LogP contribution in [0.15, 0.2) is 18.2 Å². The molecule has 0 radical (unpaired) electrons. The minimum atomic E-state index is -0.115. The fourth-order valence-electron chi connectivity index (χ4n) is 4.25. The zero-order valence-electron chi connectivity index (χ0n) is 14.8. The van der Waals surface area contributed by atoms with Gasteiger partial charge in [0.05, 0.1) is 7.11 Å². The average molecular weight is 330 g/mol. The molecule has 1 fully saturated rings. The summed E-state index contributed by atoms with van der Waals surface area (Å²) in [6.45, 7) is 2.95. The average Bonchev–Trinajstić information content (AvgIpc) is 2.59. The van der Waals surface area contributed by atoms with Crippen molar-refractivity contribution in [2.24, 2.45) is 11.7 Å². The molecule has 0 spiro atoms. The molecule has 0 amide bonds. The Kier molecular flexibility index (Phi) is 5.90. The number of ether oxygens (including phenoxy) is 1. The van der Waals surface area contributed by atoms with Crippen LogP contribution in [0.2, 0.25) is 0 Å². The predicted molar refractivity (Wildman–Crippen MR) is 95.7 cm³/mol. The van der Waals surface area contributed by atoms with Gasteiger partial charge in [-0.15, -0.1) is 0 Å². The van der Waals surface area contributed by atoms with E-state index in [0.29, 0.717) is 12.3 Å². The molecule has 4 heteroatoms. The van der Waals surface area contributed by atoms with Crippen molar-refractivity contribution in [2.75, 3.05) is 20.2 Å². The van der Waals surface area contributed by atoms with Crippen molar-refractivity contribution in [1.29, 1.82) is 0 Å². The number of hydrogen-bond donors (Lipinski definition) is 1. The van der Waals surface area contributed by atoms with Crippen molar-refractivity contribution in [1.82, 2.24) is 4.90 Å². The van der Waals surface area contributed by atoms with E-state index in [1.54, 1.807) is 5.56 Å². The summed E-state index contributed by atoms with van der Waals surface area (Å²) in [7, 11) is 1.46. The van der Waals surface area contributed by atoms with E-state index in [-0.39, 0.29) is 12.0 Å². The molecule has 0 saturated carbocycles. The number of carbonyl (C=O) groups excluding carboxylic acids is 1. The summed E-state index contributed by atoms with van der Waals surface area (Å²) >= 11 is 0. The highest BCUT2D eigenvalue weighted by Crippen LogP contribution is 2.25. The van der Waals surface area contributed by atoms with Gasteiger partial charge in [-0.25, -0.2) is 0 Å². The first-order valence-corrected chi connectivity index (χ1v) is 9.29. The van der Waals surface area contributed by atoms with Gasteiger partial charge in [0.1, 0.15) is 0 Å². The molecule has 2 N–H and O–H groups in total. The van der Waals surface area contributed by atoms with Gasteiger partial charge in [-0.3, -0.25) is 9.69 Å². The van der Waals surface area contributed by atoms with Crippen LogP contribution >= 0.6 is 0 Å². The number of esters is 1. The van der Waals surface area contributed by atoms with Crippen molar-refractivity contribution in [3.8, 4) is 0 Å². The first kappa shape index (κ1) is 17.4. The van der Waals surface area contributed by atoms with Gasteiger partial charge in [0.15, 0.2) is 0 Å². The molecule has 4 nitrogen and oxygen atoms in total. The molecular weight excluding hydrogens is 300 g/mol. The number of piperidine rings is 1. The van der Waals surface area contributed by atoms with Crippen molar-refractivity contribution in [2.45, 2.75) is 57.5 Å². The highest BCUT2D eigenvalue weighted by molar-refractivity contribution is 5.69. The van der Waals surface area contributed by atoms with Gasteiger partial charge < -0.3 is 10.5 Å². The molecule has 1 saturated heterocycles. The van der Waals surface area contributed by atoms with Crippen LogP contribution in [0.4, 0.5) is 0 Å². The number of nitrogens with two attached hydrogens (primary N) is 1. The largest absolute Gasteiger partial charge is 0.469 e. The summed E-state index contributed by atoms with van der Waals surface area (Å²) < 4.78 is 4.76. The predicted octanol–water partition coefficient (Wildman–Crippen LogP) is 2.67. The van der Waals surface area contributed by atoms with Crippen molar-refractivity contribution in [3.05, 3.63) is 34.9 Å². The van der Waals surface area contributed by atoms with Gasteiger partial charge in [-0.1, -0.05) is 18.2 Å². The summed E-state index contributed by atoms with van der Waals surface area (Å²) in [6, 6.07) is 7.22. The zero-order valence-corrected chi connectivity index (χ0v) is 14.8. The Balaban J connectivity index is 1.58. The summed E-state index contributed by atoms with van der Waals surface area (Å²) in [6.07, 6.45) is 7.50. The number of likely N-dealkylation sites (tertiary alicyclic amines) is 1. The lowest BCUT2D eigenvalue weighted by Crippen LogP contribution is -2.46. The van der Waals surface area contributed by atoms with E-state index in [0.717, 1.165) is 32.5 Å². The van der Waals surface area contributed by atoms with Gasteiger partial charge in [0, 0.05) is 32.1 Å². The Morgan fingerprint density at radius 3 is 2.83 bits per heavy atom. The highest BCUT2D eigenvalue weighted by atomic mass is 16.5. The van der Waals surface area contributed by atoms with Crippen LogP contribution in [0.5, 0.6) is 0 Å².